The summed E-state index contributed by atoms with van der Waals surface area (Å²) >= 11 is 1.67. The van der Waals surface area contributed by atoms with Gasteiger partial charge in [-0.2, -0.15) is 0 Å². The van der Waals surface area contributed by atoms with E-state index in [4.69, 9.17) is 0 Å². The molecule has 1 heterocycles. The molecule has 0 spiro atoms. The van der Waals surface area contributed by atoms with Crippen LogP contribution in [0.3, 0.4) is 0 Å². The van der Waals surface area contributed by atoms with E-state index in [0.717, 1.165) is 36.4 Å². The molecule has 2 rings (SSSR count). The fourth-order valence-electron chi connectivity index (χ4n) is 2.08. The van der Waals surface area contributed by atoms with Crippen molar-refractivity contribution in [2.45, 2.75) is 38.7 Å². The number of amides is 2. The number of hydrogen-bond acceptors (Lipinski definition) is 4. The summed E-state index contributed by atoms with van der Waals surface area (Å²) < 4.78 is 0. The Bertz CT molecular complexity index is 445. The predicted molar refractivity (Wildman–Crippen MR) is 79.9 cm³/mol. The van der Waals surface area contributed by atoms with Crippen molar-refractivity contribution in [2.24, 2.45) is 5.92 Å². The highest BCUT2D eigenvalue weighted by atomic mass is 32.1. The van der Waals surface area contributed by atoms with Crippen molar-refractivity contribution in [3.63, 3.8) is 0 Å². The molecule has 5 nitrogen and oxygen atoms in total. The zero-order valence-electron chi connectivity index (χ0n) is 12.1. The molecule has 1 aromatic heterocycles. The van der Waals surface area contributed by atoms with Gasteiger partial charge in [-0.1, -0.05) is 0 Å². The second-order valence-electron chi connectivity index (χ2n) is 5.50. The van der Waals surface area contributed by atoms with E-state index in [0.29, 0.717) is 19.0 Å². The lowest BCUT2D eigenvalue weighted by Crippen LogP contribution is -2.42. The van der Waals surface area contributed by atoms with Crippen molar-refractivity contribution < 1.29 is 9.90 Å². The molecule has 1 unspecified atom stereocenters. The minimum Gasteiger partial charge on any atom is -0.391 e. The van der Waals surface area contributed by atoms with Gasteiger partial charge in [-0.25, -0.2) is 9.78 Å². The first-order valence-corrected chi connectivity index (χ1v) is 8.02. The SMILES string of the molecule is Cc1csc(CCCNC(=O)N(C)CC(O)C2CC2)n1. The van der Waals surface area contributed by atoms with Gasteiger partial charge in [0.15, 0.2) is 0 Å². The number of nitrogens with one attached hydrogen (secondary N) is 1. The third-order valence-corrected chi connectivity index (χ3v) is 4.51. The first-order valence-electron chi connectivity index (χ1n) is 7.14. The monoisotopic (exact) mass is 297 g/mol. The number of nitrogens with zero attached hydrogens (tertiary/aromatic N) is 2. The van der Waals surface area contributed by atoms with E-state index in [-0.39, 0.29) is 12.1 Å². The smallest absolute Gasteiger partial charge is 0.317 e. The van der Waals surface area contributed by atoms with Crippen molar-refractivity contribution in [1.29, 1.82) is 0 Å². The summed E-state index contributed by atoms with van der Waals surface area (Å²) in [4.78, 5) is 17.8. The van der Waals surface area contributed by atoms with Crippen molar-refractivity contribution in [3.8, 4) is 0 Å². The fraction of sp³-hybridized carbons (Fsp3) is 0.714. The number of aliphatic hydroxyl groups is 1. The Balaban J connectivity index is 1.59. The van der Waals surface area contributed by atoms with Crippen LogP contribution in [0, 0.1) is 12.8 Å². The van der Waals surface area contributed by atoms with Gasteiger partial charge in [-0.15, -0.1) is 11.3 Å². The van der Waals surface area contributed by atoms with Crippen LogP contribution in [0.15, 0.2) is 5.38 Å². The summed E-state index contributed by atoms with van der Waals surface area (Å²) in [5.41, 5.74) is 1.06. The number of hydrogen-bond donors (Lipinski definition) is 2. The lowest BCUT2D eigenvalue weighted by atomic mass is 10.2. The molecule has 112 valence electrons. The third-order valence-electron chi connectivity index (χ3n) is 3.48. The zero-order valence-corrected chi connectivity index (χ0v) is 12.9. The van der Waals surface area contributed by atoms with Crippen LogP contribution in [-0.4, -0.2) is 47.3 Å². The number of carbonyl (C=O) groups excluding carboxylic acids is 1. The molecule has 1 saturated carbocycles. The third kappa shape index (κ3) is 4.76. The van der Waals surface area contributed by atoms with Crippen molar-refractivity contribution in [3.05, 3.63) is 16.1 Å². The van der Waals surface area contributed by atoms with E-state index in [1.807, 2.05) is 12.3 Å². The first-order chi connectivity index (χ1) is 9.56. The van der Waals surface area contributed by atoms with Gasteiger partial charge in [0.05, 0.1) is 11.1 Å². The summed E-state index contributed by atoms with van der Waals surface area (Å²) in [7, 11) is 1.73. The highest BCUT2D eigenvalue weighted by Gasteiger charge is 2.31. The number of urea groups is 1. The molecule has 20 heavy (non-hydrogen) atoms. The van der Waals surface area contributed by atoms with Crippen LogP contribution < -0.4 is 5.32 Å². The summed E-state index contributed by atoms with van der Waals surface area (Å²) in [6, 6.07) is -0.111. The van der Waals surface area contributed by atoms with Gasteiger partial charge in [0.1, 0.15) is 0 Å². The summed E-state index contributed by atoms with van der Waals surface area (Å²) in [5, 5.41) is 15.8. The van der Waals surface area contributed by atoms with Gasteiger partial charge in [0.25, 0.3) is 0 Å². The van der Waals surface area contributed by atoms with Crippen LogP contribution >= 0.6 is 11.3 Å². The van der Waals surface area contributed by atoms with Crippen LogP contribution in [0.25, 0.3) is 0 Å². The number of likely N-dealkylation sites (N-methyl/N-ethyl adjacent to an activating group) is 1. The molecule has 2 amide bonds. The van der Waals surface area contributed by atoms with Gasteiger partial charge >= 0.3 is 6.03 Å². The molecular formula is C14H23N3O2S. The average molecular weight is 297 g/mol. The van der Waals surface area contributed by atoms with E-state index >= 15 is 0 Å². The maximum absolute atomic E-state index is 11.8. The maximum Gasteiger partial charge on any atom is 0.317 e. The number of carbonyl (C=O) groups is 1. The van der Waals surface area contributed by atoms with Gasteiger partial charge < -0.3 is 15.3 Å². The Kier molecular flexibility index (Phi) is 5.37. The number of rotatable bonds is 7. The topological polar surface area (TPSA) is 65.5 Å². The highest BCUT2D eigenvalue weighted by molar-refractivity contribution is 7.09. The molecular weight excluding hydrogens is 274 g/mol. The molecule has 0 radical (unpaired) electrons. The number of aromatic nitrogens is 1. The zero-order chi connectivity index (χ0) is 14.5. The lowest BCUT2D eigenvalue weighted by molar-refractivity contribution is 0.113. The molecule has 1 aliphatic rings. The average Bonchev–Trinajstić information content (AvgIpc) is 3.18. The Morgan fingerprint density at radius 3 is 3.00 bits per heavy atom. The molecule has 0 aliphatic heterocycles. The van der Waals surface area contributed by atoms with Gasteiger partial charge in [0.2, 0.25) is 0 Å². The fourth-order valence-corrected chi connectivity index (χ4v) is 2.90. The van der Waals surface area contributed by atoms with E-state index in [9.17, 15) is 9.90 Å². The standard InChI is InChI=1S/C14H23N3O2S/c1-10-9-20-13(16-10)4-3-7-15-14(19)17(2)8-12(18)11-5-6-11/h9,11-12,18H,3-8H2,1-2H3,(H,15,19). The van der Waals surface area contributed by atoms with E-state index in [1.165, 1.54) is 0 Å². The Hall–Kier alpha value is -1.14. The molecule has 1 aromatic rings. The maximum atomic E-state index is 11.8. The number of aliphatic hydroxyl groups excluding tert-OH is 1. The Morgan fingerprint density at radius 2 is 2.40 bits per heavy atom. The highest BCUT2D eigenvalue weighted by Crippen LogP contribution is 2.32. The second-order valence-corrected chi connectivity index (χ2v) is 6.45. The lowest BCUT2D eigenvalue weighted by Gasteiger charge is -2.21. The Morgan fingerprint density at radius 1 is 1.65 bits per heavy atom. The molecule has 1 fully saturated rings. The second kappa shape index (κ2) is 7.04. The van der Waals surface area contributed by atoms with E-state index < -0.39 is 0 Å². The van der Waals surface area contributed by atoms with Gasteiger partial charge in [-0.05, 0) is 32.1 Å². The molecule has 0 bridgehead atoms. The van der Waals surface area contributed by atoms with Crippen molar-refractivity contribution >= 4 is 17.4 Å². The van der Waals surface area contributed by atoms with E-state index in [1.54, 1.807) is 23.3 Å². The van der Waals surface area contributed by atoms with Crippen LogP contribution in [0.2, 0.25) is 0 Å². The van der Waals surface area contributed by atoms with Crippen LogP contribution in [0.4, 0.5) is 4.79 Å². The van der Waals surface area contributed by atoms with Crippen molar-refractivity contribution in [2.75, 3.05) is 20.1 Å². The molecule has 0 saturated heterocycles. The van der Waals surface area contributed by atoms with Crippen molar-refractivity contribution in [1.82, 2.24) is 15.2 Å². The molecule has 6 heteroatoms. The van der Waals surface area contributed by atoms with Crippen LogP contribution in [0.1, 0.15) is 30.0 Å². The number of thiazole rings is 1. The van der Waals surface area contributed by atoms with Crippen LogP contribution in [0.5, 0.6) is 0 Å². The largest absolute Gasteiger partial charge is 0.391 e. The molecule has 1 aliphatic carbocycles. The van der Waals surface area contributed by atoms with Gasteiger partial charge in [0, 0.05) is 37.6 Å². The minimum absolute atomic E-state index is 0.111. The predicted octanol–water partition coefficient (Wildman–Crippen LogP) is 1.80. The van der Waals surface area contributed by atoms with Gasteiger partial charge in [-0.3, -0.25) is 0 Å². The first kappa shape index (κ1) is 15.3. The molecule has 1 atom stereocenters. The summed E-state index contributed by atoms with van der Waals surface area (Å²) in [5.74, 6) is 0.401. The summed E-state index contributed by atoms with van der Waals surface area (Å²) in [6.07, 6.45) is 3.59. The number of aryl methyl sites for hydroxylation is 2. The molecule has 2 N–H and O–H groups in total. The normalized spacial score (nSPS) is 15.9. The Labute approximate surface area is 124 Å². The van der Waals surface area contributed by atoms with Crippen LogP contribution in [-0.2, 0) is 6.42 Å². The van der Waals surface area contributed by atoms with E-state index in [2.05, 4.69) is 10.3 Å². The quantitative estimate of drug-likeness (QED) is 0.754. The minimum atomic E-state index is -0.371. The molecule has 0 aromatic carbocycles. The summed E-state index contributed by atoms with van der Waals surface area (Å²) in [6.45, 7) is 3.05.